The second-order valence-corrected chi connectivity index (χ2v) is 5.28. The van der Waals surface area contributed by atoms with Crippen molar-refractivity contribution in [3.63, 3.8) is 0 Å². The van der Waals surface area contributed by atoms with Crippen molar-refractivity contribution in [2.24, 2.45) is 5.73 Å². The van der Waals surface area contributed by atoms with Crippen LogP contribution in [0.25, 0.3) is 10.9 Å². The molecule has 2 aromatic rings. The van der Waals surface area contributed by atoms with E-state index in [4.69, 9.17) is 17.3 Å². The molecule has 2 atom stereocenters. The predicted octanol–water partition coefficient (Wildman–Crippen LogP) is 2.52. The summed E-state index contributed by atoms with van der Waals surface area (Å²) in [5.74, 6) is 0. The Bertz CT molecular complexity index is 656. The molecular formula is C13H15Cl2N3O. The number of hydrogen-bond acceptors (Lipinski definition) is 3. The van der Waals surface area contributed by atoms with Gasteiger partial charge < -0.3 is 5.73 Å². The molecule has 1 fully saturated rings. The molecule has 4 nitrogen and oxygen atoms in total. The Labute approximate surface area is 122 Å². The highest BCUT2D eigenvalue weighted by Crippen LogP contribution is 2.27. The third-order valence-electron chi connectivity index (χ3n) is 3.58. The molecule has 102 valence electrons. The molecule has 1 aliphatic carbocycles. The lowest BCUT2D eigenvalue weighted by molar-refractivity contribution is 0.491. The number of fused-ring (bicyclic) bond motifs is 1. The first-order valence-electron chi connectivity index (χ1n) is 6.07. The fourth-order valence-corrected chi connectivity index (χ4v) is 2.78. The zero-order chi connectivity index (χ0) is 12.7. The lowest BCUT2D eigenvalue weighted by Gasteiger charge is -2.13. The number of aromatic nitrogens is 2. The molecule has 0 amide bonds. The Morgan fingerprint density at radius 3 is 2.84 bits per heavy atom. The average Bonchev–Trinajstić information content (AvgIpc) is 2.77. The fraction of sp³-hybridized carbons (Fsp3) is 0.385. The Morgan fingerprint density at radius 1 is 1.37 bits per heavy atom. The van der Waals surface area contributed by atoms with Crippen molar-refractivity contribution < 1.29 is 0 Å². The van der Waals surface area contributed by atoms with E-state index in [1.807, 2.05) is 0 Å². The van der Waals surface area contributed by atoms with Crippen molar-refractivity contribution in [2.75, 3.05) is 0 Å². The van der Waals surface area contributed by atoms with Gasteiger partial charge in [0.15, 0.2) is 0 Å². The molecule has 2 N–H and O–H groups in total. The van der Waals surface area contributed by atoms with Crippen molar-refractivity contribution in [3.8, 4) is 0 Å². The summed E-state index contributed by atoms with van der Waals surface area (Å²) < 4.78 is 1.70. The number of rotatable bonds is 1. The van der Waals surface area contributed by atoms with Gasteiger partial charge >= 0.3 is 0 Å². The minimum atomic E-state index is -0.0263. The molecule has 6 heteroatoms. The molecule has 0 aliphatic heterocycles. The highest BCUT2D eigenvalue weighted by atomic mass is 35.5. The van der Waals surface area contributed by atoms with Crippen LogP contribution >= 0.6 is 24.0 Å². The van der Waals surface area contributed by atoms with Gasteiger partial charge in [-0.3, -0.25) is 9.36 Å². The second kappa shape index (κ2) is 5.49. The average molecular weight is 300 g/mol. The van der Waals surface area contributed by atoms with Crippen LogP contribution in [0.3, 0.4) is 0 Å². The van der Waals surface area contributed by atoms with Crippen molar-refractivity contribution in [3.05, 3.63) is 39.9 Å². The fourth-order valence-electron chi connectivity index (χ4n) is 2.61. The van der Waals surface area contributed by atoms with Crippen LogP contribution < -0.4 is 11.3 Å². The van der Waals surface area contributed by atoms with E-state index in [0.29, 0.717) is 15.9 Å². The van der Waals surface area contributed by atoms with Crippen LogP contribution in [0.15, 0.2) is 29.3 Å². The number of nitrogens with zero attached hydrogens (tertiary/aromatic N) is 2. The number of benzene rings is 1. The number of nitrogens with two attached hydrogens (primary N) is 1. The quantitative estimate of drug-likeness (QED) is 0.880. The zero-order valence-corrected chi connectivity index (χ0v) is 11.8. The van der Waals surface area contributed by atoms with Gasteiger partial charge in [0.1, 0.15) is 0 Å². The van der Waals surface area contributed by atoms with Gasteiger partial charge in [0, 0.05) is 17.1 Å². The second-order valence-electron chi connectivity index (χ2n) is 4.85. The zero-order valence-electron chi connectivity index (χ0n) is 10.3. The lowest BCUT2D eigenvalue weighted by Crippen LogP contribution is -2.25. The highest BCUT2D eigenvalue weighted by Gasteiger charge is 2.24. The predicted molar refractivity (Wildman–Crippen MR) is 79.1 cm³/mol. The van der Waals surface area contributed by atoms with Crippen LogP contribution in [0.2, 0.25) is 5.02 Å². The number of hydrogen-bond donors (Lipinski definition) is 1. The van der Waals surface area contributed by atoms with Gasteiger partial charge in [-0.15, -0.1) is 12.4 Å². The number of halogens is 2. The minimum Gasteiger partial charge on any atom is -0.328 e. The van der Waals surface area contributed by atoms with Gasteiger partial charge in [0.2, 0.25) is 0 Å². The van der Waals surface area contributed by atoms with E-state index >= 15 is 0 Å². The minimum absolute atomic E-state index is 0. The molecule has 0 saturated heterocycles. The van der Waals surface area contributed by atoms with Crippen molar-refractivity contribution >= 4 is 34.9 Å². The molecule has 1 heterocycles. The SMILES string of the molecule is Cl.N[C@@H]1CC[C@@H](n2cnc3ccc(Cl)cc3c2=O)C1. The van der Waals surface area contributed by atoms with Crippen LogP contribution in [-0.2, 0) is 0 Å². The van der Waals surface area contributed by atoms with Crippen LogP contribution in [0.1, 0.15) is 25.3 Å². The molecule has 0 spiro atoms. The highest BCUT2D eigenvalue weighted by molar-refractivity contribution is 6.31. The third kappa shape index (κ3) is 2.61. The van der Waals surface area contributed by atoms with Crippen LogP contribution in [0.5, 0.6) is 0 Å². The smallest absolute Gasteiger partial charge is 0.261 e. The Balaban J connectivity index is 0.00000133. The van der Waals surface area contributed by atoms with E-state index in [0.717, 1.165) is 19.3 Å². The first kappa shape index (κ1) is 14.3. The maximum atomic E-state index is 12.4. The molecule has 0 unspecified atom stereocenters. The van der Waals surface area contributed by atoms with Gasteiger partial charge in [-0.25, -0.2) is 4.98 Å². The van der Waals surface area contributed by atoms with E-state index in [1.54, 1.807) is 29.1 Å². The van der Waals surface area contributed by atoms with Crippen LogP contribution in [-0.4, -0.2) is 15.6 Å². The van der Waals surface area contributed by atoms with Gasteiger partial charge in [-0.2, -0.15) is 0 Å². The summed E-state index contributed by atoms with van der Waals surface area (Å²) >= 11 is 5.93. The van der Waals surface area contributed by atoms with Gasteiger partial charge in [-0.1, -0.05) is 11.6 Å². The van der Waals surface area contributed by atoms with E-state index in [-0.39, 0.29) is 30.0 Å². The molecule has 3 rings (SSSR count). The van der Waals surface area contributed by atoms with Gasteiger partial charge in [0.25, 0.3) is 5.56 Å². The van der Waals surface area contributed by atoms with E-state index in [1.165, 1.54) is 0 Å². The molecular weight excluding hydrogens is 285 g/mol. The topological polar surface area (TPSA) is 60.9 Å². The summed E-state index contributed by atoms with van der Waals surface area (Å²) in [4.78, 5) is 16.7. The van der Waals surface area contributed by atoms with E-state index in [2.05, 4.69) is 4.98 Å². The summed E-state index contributed by atoms with van der Waals surface area (Å²) in [7, 11) is 0. The summed E-state index contributed by atoms with van der Waals surface area (Å²) in [6, 6.07) is 5.55. The molecule has 1 aliphatic rings. The van der Waals surface area contributed by atoms with Crippen LogP contribution in [0.4, 0.5) is 0 Å². The van der Waals surface area contributed by atoms with E-state index in [9.17, 15) is 4.79 Å². The van der Waals surface area contributed by atoms with Gasteiger partial charge in [-0.05, 0) is 37.5 Å². The molecule has 1 aromatic carbocycles. The summed E-state index contributed by atoms with van der Waals surface area (Å²) in [6.45, 7) is 0. The Kier molecular flexibility index (Phi) is 4.13. The van der Waals surface area contributed by atoms with Crippen molar-refractivity contribution in [1.82, 2.24) is 9.55 Å². The van der Waals surface area contributed by atoms with Crippen LogP contribution in [0, 0.1) is 0 Å². The normalized spacial score (nSPS) is 22.4. The molecule has 0 bridgehead atoms. The van der Waals surface area contributed by atoms with Gasteiger partial charge in [0.05, 0.1) is 17.2 Å². The molecule has 1 saturated carbocycles. The maximum absolute atomic E-state index is 12.4. The molecule has 19 heavy (non-hydrogen) atoms. The molecule has 0 radical (unpaired) electrons. The third-order valence-corrected chi connectivity index (χ3v) is 3.82. The monoisotopic (exact) mass is 299 g/mol. The van der Waals surface area contributed by atoms with E-state index < -0.39 is 0 Å². The summed E-state index contributed by atoms with van der Waals surface area (Å²) in [6.07, 6.45) is 4.37. The Hall–Kier alpha value is -1.10. The summed E-state index contributed by atoms with van der Waals surface area (Å²) in [5, 5.41) is 1.13. The maximum Gasteiger partial charge on any atom is 0.261 e. The largest absolute Gasteiger partial charge is 0.328 e. The van der Waals surface area contributed by atoms with Crippen molar-refractivity contribution in [2.45, 2.75) is 31.3 Å². The summed E-state index contributed by atoms with van der Waals surface area (Å²) in [5.41, 5.74) is 6.55. The first-order valence-corrected chi connectivity index (χ1v) is 6.45. The lowest BCUT2D eigenvalue weighted by atomic mass is 10.2. The standard InChI is InChI=1S/C13H14ClN3O.ClH/c14-8-1-4-12-11(5-8)13(18)17(7-16-12)10-3-2-9(15)6-10;/h1,4-5,7,9-10H,2-3,6,15H2;1H/t9-,10-;/m1./s1. The molecule has 1 aromatic heterocycles. The Morgan fingerprint density at radius 2 is 2.16 bits per heavy atom. The first-order chi connectivity index (χ1) is 8.65. The van der Waals surface area contributed by atoms with Crippen molar-refractivity contribution in [1.29, 1.82) is 0 Å².